The molecule has 24 heavy (non-hydrogen) atoms. The highest BCUT2D eigenvalue weighted by Gasteiger charge is 2.33. The van der Waals surface area contributed by atoms with Crippen LogP contribution in [0, 0.1) is 0 Å². The lowest BCUT2D eigenvalue weighted by molar-refractivity contribution is -0.121. The van der Waals surface area contributed by atoms with Gasteiger partial charge in [0.1, 0.15) is 11.0 Å². The Morgan fingerprint density at radius 2 is 2.04 bits per heavy atom. The van der Waals surface area contributed by atoms with E-state index in [1.165, 1.54) is 11.8 Å². The van der Waals surface area contributed by atoms with Crippen LogP contribution in [0.2, 0.25) is 0 Å². The van der Waals surface area contributed by atoms with Crippen LogP contribution in [-0.4, -0.2) is 46.8 Å². The molecule has 1 N–H and O–H groups in total. The second-order valence-electron chi connectivity index (χ2n) is 5.74. The van der Waals surface area contributed by atoms with Crippen molar-refractivity contribution in [1.29, 1.82) is 0 Å². The van der Waals surface area contributed by atoms with E-state index < -0.39 is 5.25 Å². The van der Waals surface area contributed by atoms with E-state index >= 15 is 0 Å². The molecule has 0 aromatic heterocycles. The quantitative estimate of drug-likeness (QED) is 0.886. The lowest BCUT2D eigenvalue weighted by atomic mass is 10.2. The van der Waals surface area contributed by atoms with Crippen LogP contribution in [-0.2, 0) is 9.59 Å². The first-order chi connectivity index (χ1) is 11.7. The third kappa shape index (κ3) is 4.08. The number of likely N-dealkylation sites (tertiary alicyclic amines) is 1. The van der Waals surface area contributed by atoms with Crippen LogP contribution in [0.1, 0.15) is 26.2 Å². The van der Waals surface area contributed by atoms with Crippen molar-refractivity contribution >= 4 is 34.4 Å². The van der Waals surface area contributed by atoms with Crippen molar-refractivity contribution in [2.24, 2.45) is 4.99 Å². The molecule has 1 saturated heterocycles. The van der Waals surface area contributed by atoms with Crippen LogP contribution in [0.3, 0.4) is 0 Å². The average molecular weight is 347 g/mol. The van der Waals surface area contributed by atoms with E-state index in [2.05, 4.69) is 15.2 Å². The summed E-state index contributed by atoms with van der Waals surface area (Å²) in [5.74, 6) is 0.382. The van der Waals surface area contributed by atoms with Crippen molar-refractivity contribution in [3.63, 3.8) is 0 Å². The Hall–Kier alpha value is -2.02. The van der Waals surface area contributed by atoms with Crippen molar-refractivity contribution < 1.29 is 14.3 Å². The highest BCUT2D eigenvalue weighted by molar-refractivity contribution is 8.15. The normalized spacial score (nSPS) is 20.2. The van der Waals surface area contributed by atoms with Gasteiger partial charge < -0.3 is 15.0 Å². The fourth-order valence-electron chi connectivity index (χ4n) is 2.73. The van der Waals surface area contributed by atoms with Gasteiger partial charge in [0.05, 0.1) is 6.61 Å². The number of anilines is 1. The first-order valence-corrected chi connectivity index (χ1v) is 9.10. The lowest BCUT2D eigenvalue weighted by Crippen LogP contribution is -2.25. The molecule has 0 bridgehead atoms. The zero-order valence-electron chi connectivity index (χ0n) is 13.7. The van der Waals surface area contributed by atoms with E-state index in [1.807, 2.05) is 19.1 Å². The first-order valence-electron chi connectivity index (χ1n) is 8.22. The minimum atomic E-state index is -0.414. The van der Waals surface area contributed by atoms with Crippen LogP contribution >= 0.6 is 11.8 Å². The molecule has 1 aromatic rings. The summed E-state index contributed by atoms with van der Waals surface area (Å²) in [4.78, 5) is 30.4. The molecule has 0 spiro atoms. The summed E-state index contributed by atoms with van der Waals surface area (Å²) in [7, 11) is 0. The number of hydrogen-bond donors (Lipinski definition) is 1. The zero-order chi connectivity index (χ0) is 16.9. The number of benzene rings is 1. The number of amides is 2. The molecule has 0 radical (unpaired) electrons. The summed E-state index contributed by atoms with van der Waals surface area (Å²) in [6.07, 6.45) is 2.41. The van der Waals surface area contributed by atoms with E-state index in [4.69, 9.17) is 4.74 Å². The van der Waals surface area contributed by atoms with Crippen LogP contribution in [0.15, 0.2) is 29.3 Å². The second-order valence-corrected chi connectivity index (χ2v) is 6.91. The summed E-state index contributed by atoms with van der Waals surface area (Å²) >= 11 is 1.41. The number of thioether (sulfide) groups is 1. The van der Waals surface area contributed by atoms with Crippen LogP contribution < -0.4 is 10.1 Å². The molecule has 2 aliphatic heterocycles. The number of aliphatic imine (C=N–C) groups is 1. The van der Waals surface area contributed by atoms with E-state index in [9.17, 15) is 9.59 Å². The monoisotopic (exact) mass is 347 g/mol. The average Bonchev–Trinajstić information content (AvgIpc) is 3.20. The minimum absolute atomic E-state index is 0.136. The smallest absolute Gasteiger partial charge is 0.262 e. The van der Waals surface area contributed by atoms with Gasteiger partial charge in [-0.1, -0.05) is 11.8 Å². The van der Waals surface area contributed by atoms with Gasteiger partial charge in [0.2, 0.25) is 5.91 Å². The van der Waals surface area contributed by atoms with Crippen molar-refractivity contribution in [3.05, 3.63) is 24.3 Å². The van der Waals surface area contributed by atoms with Crippen molar-refractivity contribution in [2.75, 3.05) is 25.0 Å². The predicted octanol–water partition coefficient (Wildman–Crippen LogP) is 2.51. The number of carbonyl (C=O) groups excluding carboxylic acids is 2. The molecule has 0 saturated carbocycles. The summed E-state index contributed by atoms with van der Waals surface area (Å²) < 4.78 is 5.37. The first kappa shape index (κ1) is 16.8. The van der Waals surface area contributed by atoms with Gasteiger partial charge >= 0.3 is 0 Å². The largest absolute Gasteiger partial charge is 0.494 e. The van der Waals surface area contributed by atoms with Gasteiger partial charge in [0.15, 0.2) is 5.17 Å². The molecule has 1 unspecified atom stereocenters. The van der Waals surface area contributed by atoms with Gasteiger partial charge in [-0.2, -0.15) is 4.99 Å². The molecule has 3 rings (SSSR count). The van der Waals surface area contributed by atoms with Crippen molar-refractivity contribution in [2.45, 2.75) is 31.4 Å². The maximum absolute atomic E-state index is 12.2. The Bertz CT molecular complexity index is 639. The Morgan fingerprint density at radius 3 is 2.71 bits per heavy atom. The number of hydrogen-bond acceptors (Lipinski definition) is 5. The molecular weight excluding hydrogens is 326 g/mol. The van der Waals surface area contributed by atoms with Crippen LogP contribution in [0.25, 0.3) is 0 Å². The van der Waals surface area contributed by atoms with E-state index in [0.717, 1.165) is 36.8 Å². The van der Waals surface area contributed by atoms with E-state index in [0.29, 0.717) is 12.3 Å². The standard InChI is InChI=1S/C17H21N3O3S/c1-2-23-13-7-5-12(6-8-13)18-15(21)11-14-16(22)19-17(24-14)20-9-3-4-10-20/h5-8,14H,2-4,9-11H2,1H3,(H,18,21). The number of rotatable bonds is 5. The van der Waals surface area contributed by atoms with E-state index in [-0.39, 0.29) is 18.2 Å². The van der Waals surface area contributed by atoms with Crippen molar-refractivity contribution in [1.82, 2.24) is 4.90 Å². The van der Waals surface area contributed by atoms with Gasteiger partial charge in [-0.15, -0.1) is 0 Å². The molecule has 2 aliphatic rings. The Kier molecular flexibility index (Phi) is 5.40. The second kappa shape index (κ2) is 7.70. The highest BCUT2D eigenvalue weighted by atomic mass is 32.2. The number of nitrogens with one attached hydrogen (secondary N) is 1. The summed E-state index contributed by atoms with van der Waals surface area (Å²) in [5, 5.41) is 3.18. The van der Waals surface area contributed by atoms with E-state index in [1.54, 1.807) is 12.1 Å². The maximum Gasteiger partial charge on any atom is 0.262 e. The molecule has 6 nitrogen and oxygen atoms in total. The molecule has 2 heterocycles. The molecule has 0 aliphatic carbocycles. The lowest BCUT2D eigenvalue weighted by Gasteiger charge is -2.16. The summed E-state index contributed by atoms with van der Waals surface area (Å²) in [6.45, 7) is 4.42. The molecule has 1 fully saturated rings. The van der Waals surface area contributed by atoms with Gasteiger partial charge in [-0.25, -0.2) is 0 Å². The SMILES string of the molecule is CCOc1ccc(NC(=O)CC2SC(N3CCCC3)=NC2=O)cc1. The predicted molar refractivity (Wildman–Crippen MR) is 95.5 cm³/mol. The number of amidine groups is 1. The molecule has 128 valence electrons. The van der Waals surface area contributed by atoms with Crippen LogP contribution in [0.4, 0.5) is 5.69 Å². The van der Waals surface area contributed by atoms with Gasteiger partial charge in [-0.05, 0) is 44.0 Å². The Morgan fingerprint density at radius 1 is 1.33 bits per heavy atom. The van der Waals surface area contributed by atoms with Crippen molar-refractivity contribution in [3.8, 4) is 5.75 Å². The fourth-order valence-corrected chi connectivity index (χ4v) is 3.85. The Balaban J connectivity index is 1.51. The minimum Gasteiger partial charge on any atom is -0.494 e. The molecular formula is C17H21N3O3S. The number of carbonyl (C=O) groups is 2. The topological polar surface area (TPSA) is 71.0 Å². The molecule has 7 heteroatoms. The van der Waals surface area contributed by atoms with Crippen LogP contribution in [0.5, 0.6) is 5.75 Å². The molecule has 2 amide bonds. The number of ether oxygens (including phenoxy) is 1. The van der Waals surface area contributed by atoms with Gasteiger partial charge in [-0.3, -0.25) is 9.59 Å². The summed E-state index contributed by atoms with van der Waals surface area (Å²) in [6, 6.07) is 7.20. The third-order valence-electron chi connectivity index (χ3n) is 3.93. The Labute approximate surface area is 145 Å². The fraction of sp³-hybridized carbons (Fsp3) is 0.471. The van der Waals surface area contributed by atoms with Gasteiger partial charge in [0, 0.05) is 25.2 Å². The summed E-state index contributed by atoms with van der Waals surface area (Å²) in [5.41, 5.74) is 0.694. The third-order valence-corrected chi connectivity index (χ3v) is 5.14. The number of nitrogens with zero attached hydrogens (tertiary/aromatic N) is 2. The molecule has 1 aromatic carbocycles. The highest BCUT2D eigenvalue weighted by Crippen LogP contribution is 2.29. The molecule has 1 atom stereocenters. The maximum atomic E-state index is 12.2. The van der Waals surface area contributed by atoms with Gasteiger partial charge in [0.25, 0.3) is 5.91 Å². The zero-order valence-corrected chi connectivity index (χ0v) is 14.5.